The third-order valence-corrected chi connectivity index (χ3v) is 5.65. The highest BCUT2D eigenvalue weighted by Gasteiger charge is 2.11. The number of hydrogen-bond acceptors (Lipinski definition) is 6. The molecule has 0 saturated carbocycles. The number of allylic oxidation sites excluding steroid dienone is 1. The first-order valence-electron chi connectivity index (χ1n) is 8.67. The summed E-state index contributed by atoms with van der Waals surface area (Å²) in [5.74, 6) is 1.38. The molecule has 1 aromatic carbocycles. The number of nitriles is 1. The van der Waals surface area contributed by atoms with Gasteiger partial charge >= 0.3 is 0 Å². The van der Waals surface area contributed by atoms with Crippen molar-refractivity contribution < 1.29 is 9.47 Å². The number of hydrogen-bond donors (Lipinski definition) is 0. The van der Waals surface area contributed by atoms with Crippen LogP contribution in [0.15, 0.2) is 41.1 Å². The number of rotatable bonds is 8. The molecule has 0 aliphatic heterocycles. The van der Waals surface area contributed by atoms with E-state index in [1.54, 1.807) is 18.4 Å². The fraction of sp³-hybridized carbons (Fsp3) is 0.238. The van der Waals surface area contributed by atoms with E-state index in [1.807, 2.05) is 47.2 Å². The van der Waals surface area contributed by atoms with Gasteiger partial charge in [-0.25, -0.2) is 4.98 Å². The van der Waals surface area contributed by atoms with Crippen LogP contribution in [0.5, 0.6) is 11.5 Å². The van der Waals surface area contributed by atoms with Crippen LogP contribution in [0.25, 0.3) is 22.2 Å². The Balaban J connectivity index is 1.87. The Bertz CT molecular complexity index is 953. The monoisotopic (exact) mass is 396 g/mol. The highest BCUT2D eigenvalue weighted by Crippen LogP contribution is 2.32. The molecule has 27 heavy (non-hydrogen) atoms. The van der Waals surface area contributed by atoms with Gasteiger partial charge in [0.25, 0.3) is 0 Å². The minimum absolute atomic E-state index is 0.535. The highest BCUT2D eigenvalue weighted by molar-refractivity contribution is 7.14. The maximum absolute atomic E-state index is 9.62. The zero-order valence-electron chi connectivity index (χ0n) is 15.3. The molecular weight excluding hydrogens is 376 g/mol. The Morgan fingerprint density at radius 2 is 2.15 bits per heavy atom. The summed E-state index contributed by atoms with van der Waals surface area (Å²) < 4.78 is 11.2. The number of unbranched alkanes of at least 4 members (excludes halogenated alkanes) is 1. The lowest BCUT2D eigenvalue weighted by Crippen LogP contribution is -1.99. The number of nitrogens with zero attached hydrogens (tertiary/aromatic N) is 2. The van der Waals surface area contributed by atoms with Gasteiger partial charge in [0.15, 0.2) is 11.5 Å². The molecule has 0 atom stereocenters. The van der Waals surface area contributed by atoms with E-state index in [-0.39, 0.29) is 0 Å². The van der Waals surface area contributed by atoms with Gasteiger partial charge in [0.2, 0.25) is 0 Å². The van der Waals surface area contributed by atoms with Crippen molar-refractivity contribution in [1.29, 1.82) is 5.26 Å². The molecule has 0 aliphatic carbocycles. The summed E-state index contributed by atoms with van der Waals surface area (Å²) in [6.45, 7) is 2.76. The van der Waals surface area contributed by atoms with E-state index >= 15 is 0 Å². The van der Waals surface area contributed by atoms with Gasteiger partial charge in [-0.2, -0.15) is 5.26 Å². The van der Waals surface area contributed by atoms with Gasteiger partial charge in [-0.15, -0.1) is 22.7 Å². The summed E-state index contributed by atoms with van der Waals surface area (Å²) in [5, 5.41) is 14.3. The van der Waals surface area contributed by atoms with Crippen molar-refractivity contribution in [3.8, 4) is 28.1 Å². The molecule has 3 aromatic rings. The first kappa shape index (κ1) is 19.2. The van der Waals surface area contributed by atoms with Gasteiger partial charge in [-0.1, -0.05) is 25.5 Å². The standard InChI is InChI=1S/C21H20N2O2S2/c1-3-4-9-25-19-12-15(7-8-18(19)24-2)11-16(13-22)21-23-17(14-27-21)20-6-5-10-26-20/h5-8,10-12,14H,3-4,9H2,1-2H3/b16-11+. The van der Waals surface area contributed by atoms with Crippen molar-refractivity contribution in [3.05, 3.63) is 51.7 Å². The van der Waals surface area contributed by atoms with E-state index < -0.39 is 0 Å². The predicted molar refractivity (Wildman–Crippen MR) is 112 cm³/mol. The molecule has 0 bridgehead atoms. The molecule has 0 N–H and O–H groups in total. The molecule has 0 unspecified atom stereocenters. The fourth-order valence-electron chi connectivity index (χ4n) is 2.47. The Morgan fingerprint density at radius 3 is 2.85 bits per heavy atom. The van der Waals surface area contributed by atoms with Gasteiger partial charge in [-0.3, -0.25) is 0 Å². The van der Waals surface area contributed by atoms with E-state index in [9.17, 15) is 5.26 Å². The van der Waals surface area contributed by atoms with Crippen LogP contribution in [0.1, 0.15) is 30.3 Å². The SMILES string of the molecule is CCCCOc1cc(/C=C(\C#N)c2nc(-c3cccs3)cs2)ccc1OC. The minimum Gasteiger partial charge on any atom is -0.493 e. The van der Waals surface area contributed by atoms with Gasteiger partial charge in [0, 0.05) is 5.38 Å². The largest absolute Gasteiger partial charge is 0.493 e. The van der Waals surface area contributed by atoms with Crippen LogP contribution in [0.3, 0.4) is 0 Å². The van der Waals surface area contributed by atoms with Crippen LogP contribution >= 0.6 is 22.7 Å². The molecule has 4 nitrogen and oxygen atoms in total. The number of methoxy groups -OCH3 is 1. The topological polar surface area (TPSA) is 55.1 Å². The fourth-order valence-corrected chi connectivity index (χ4v) is 4.01. The molecule has 0 spiro atoms. The maximum Gasteiger partial charge on any atom is 0.161 e. The second-order valence-electron chi connectivity index (χ2n) is 5.80. The van der Waals surface area contributed by atoms with E-state index in [2.05, 4.69) is 18.0 Å². The van der Waals surface area contributed by atoms with Crippen molar-refractivity contribution in [2.75, 3.05) is 13.7 Å². The molecule has 138 valence electrons. The first-order valence-corrected chi connectivity index (χ1v) is 10.4. The van der Waals surface area contributed by atoms with Crippen molar-refractivity contribution in [3.63, 3.8) is 0 Å². The Labute approximate surface area is 167 Å². The zero-order chi connectivity index (χ0) is 19.1. The second kappa shape index (κ2) is 9.36. The van der Waals surface area contributed by atoms with Crippen molar-refractivity contribution in [2.24, 2.45) is 0 Å². The molecule has 0 amide bonds. The third kappa shape index (κ3) is 4.76. The highest BCUT2D eigenvalue weighted by atomic mass is 32.1. The molecule has 2 aromatic heterocycles. The average molecular weight is 397 g/mol. The van der Waals surface area contributed by atoms with Crippen LogP contribution in [0.2, 0.25) is 0 Å². The second-order valence-corrected chi connectivity index (χ2v) is 7.60. The molecule has 2 heterocycles. The Morgan fingerprint density at radius 1 is 1.26 bits per heavy atom. The number of benzene rings is 1. The predicted octanol–water partition coefficient (Wildman–Crippen LogP) is 6.12. The molecule has 6 heteroatoms. The zero-order valence-corrected chi connectivity index (χ0v) is 16.9. The van der Waals surface area contributed by atoms with Crippen molar-refractivity contribution in [2.45, 2.75) is 19.8 Å². The van der Waals surface area contributed by atoms with E-state index in [4.69, 9.17) is 9.47 Å². The Hall–Kier alpha value is -2.62. The summed E-state index contributed by atoms with van der Waals surface area (Å²) in [5.41, 5.74) is 2.32. The average Bonchev–Trinajstić information content (AvgIpc) is 3.38. The van der Waals surface area contributed by atoms with Gasteiger partial charge in [0.1, 0.15) is 11.1 Å². The number of thiazole rings is 1. The summed E-state index contributed by atoms with van der Waals surface area (Å²) in [4.78, 5) is 5.72. The molecule has 0 fully saturated rings. The summed E-state index contributed by atoms with van der Waals surface area (Å²) in [6.07, 6.45) is 3.89. The van der Waals surface area contributed by atoms with Gasteiger partial charge in [-0.05, 0) is 41.6 Å². The molecule has 0 radical (unpaired) electrons. The van der Waals surface area contributed by atoms with Crippen molar-refractivity contribution >= 4 is 34.3 Å². The molecule has 0 aliphatic rings. The van der Waals surface area contributed by atoms with E-state index in [1.165, 1.54) is 11.3 Å². The van der Waals surface area contributed by atoms with Crippen LogP contribution in [-0.4, -0.2) is 18.7 Å². The molecule has 0 saturated heterocycles. The summed E-state index contributed by atoms with van der Waals surface area (Å²) >= 11 is 3.12. The van der Waals surface area contributed by atoms with Gasteiger partial charge < -0.3 is 9.47 Å². The minimum atomic E-state index is 0.535. The smallest absolute Gasteiger partial charge is 0.161 e. The van der Waals surface area contributed by atoms with Crippen molar-refractivity contribution in [1.82, 2.24) is 4.98 Å². The third-order valence-electron chi connectivity index (χ3n) is 3.88. The first-order chi connectivity index (χ1) is 13.2. The molecule has 3 rings (SSSR count). The summed E-state index contributed by atoms with van der Waals surface area (Å²) in [7, 11) is 1.62. The summed E-state index contributed by atoms with van der Waals surface area (Å²) in [6, 6.07) is 12.0. The lowest BCUT2D eigenvalue weighted by atomic mass is 10.1. The normalized spacial score (nSPS) is 11.2. The van der Waals surface area contributed by atoms with Crippen LogP contribution in [0, 0.1) is 11.3 Å². The maximum atomic E-state index is 9.62. The molecular formula is C21H20N2O2S2. The number of ether oxygens (including phenoxy) is 2. The lowest BCUT2D eigenvalue weighted by molar-refractivity contribution is 0.288. The number of thiophene rings is 1. The number of aromatic nitrogens is 1. The lowest BCUT2D eigenvalue weighted by Gasteiger charge is -2.11. The van der Waals surface area contributed by atoms with Crippen LogP contribution < -0.4 is 9.47 Å². The quantitative estimate of drug-likeness (QED) is 0.340. The van der Waals surface area contributed by atoms with E-state index in [0.717, 1.165) is 29.0 Å². The van der Waals surface area contributed by atoms with Gasteiger partial charge in [0.05, 0.1) is 29.9 Å². The van der Waals surface area contributed by atoms with Crippen LogP contribution in [-0.2, 0) is 0 Å². The van der Waals surface area contributed by atoms with Crippen LogP contribution in [0.4, 0.5) is 0 Å². The Kier molecular flexibility index (Phi) is 6.64. The van der Waals surface area contributed by atoms with E-state index in [0.29, 0.717) is 28.7 Å².